The van der Waals surface area contributed by atoms with Crippen LogP contribution in [0.15, 0.2) is 28.0 Å². The average Bonchev–Trinajstić information content (AvgIpc) is 3.34. The number of tetrazole rings is 1. The highest BCUT2D eigenvalue weighted by atomic mass is 32.2. The molecule has 0 amide bonds. The van der Waals surface area contributed by atoms with Crippen LogP contribution < -0.4 is 0 Å². The van der Waals surface area contributed by atoms with Gasteiger partial charge in [-0.2, -0.15) is 0 Å². The fourth-order valence-corrected chi connectivity index (χ4v) is 3.83. The Morgan fingerprint density at radius 2 is 2.28 bits per heavy atom. The maximum atomic E-state index is 10.7. The molecule has 2 aliphatic rings. The molecule has 11 heteroatoms. The maximum absolute atomic E-state index is 10.7. The van der Waals surface area contributed by atoms with Crippen molar-refractivity contribution < 1.29 is 28.5 Å². The summed E-state index contributed by atoms with van der Waals surface area (Å²) in [7, 11) is 0. The molecule has 2 saturated heterocycles. The topological polar surface area (TPSA) is 122 Å². The quantitative estimate of drug-likeness (QED) is 0.686. The van der Waals surface area contributed by atoms with Crippen LogP contribution >= 0.6 is 11.8 Å². The summed E-state index contributed by atoms with van der Waals surface area (Å²) in [6, 6.07) is 3.54. The van der Waals surface area contributed by atoms with E-state index in [-0.39, 0.29) is 31.5 Å². The largest absolute Gasteiger partial charge is 0.480 e. The number of hydrogen-bond donors (Lipinski definition) is 1. The molecule has 4 heterocycles. The second-order valence-corrected chi connectivity index (χ2v) is 6.62. The van der Waals surface area contributed by atoms with Gasteiger partial charge in [0.25, 0.3) is 0 Å². The fraction of sp³-hybridized carbons (Fsp3) is 0.571. The molecular formula is C14H16N4O6S. The van der Waals surface area contributed by atoms with Gasteiger partial charge < -0.3 is 23.7 Å². The van der Waals surface area contributed by atoms with Gasteiger partial charge in [-0.1, -0.05) is 11.8 Å². The highest BCUT2D eigenvalue weighted by Gasteiger charge is 2.50. The highest BCUT2D eigenvalue weighted by Crippen LogP contribution is 2.36. The summed E-state index contributed by atoms with van der Waals surface area (Å²) in [6.45, 7) is 0.290. The number of aromatic nitrogens is 4. The smallest absolute Gasteiger partial charge is 0.329 e. The SMILES string of the molecule is O=C(O)COC1COC2C1OCC2n1nnnc1SCc1ccco1. The number of carboxylic acids is 1. The van der Waals surface area contributed by atoms with E-state index in [4.69, 9.17) is 23.7 Å². The van der Waals surface area contributed by atoms with Gasteiger partial charge in [0.05, 0.1) is 25.2 Å². The first-order valence-corrected chi connectivity index (χ1v) is 8.70. The van der Waals surface area contributed by atoms with E-state index >= 15 is 0 Å². The molecule has 0 radical (unpaired) electrons. The van der Waals surface area contributed by atoms with Crippen molar-refractivity contribution in [2.24, 2.45) is 0 Å². The Labute approximate surface area is 146 Å². The van der Waals surface area contributed by atoms with Gasteiger partial charge in [0.1, 0.15) is 36.7 Å². The van der Waals surface area contributed by atoms with Gasteiger partial charge >= 0.3 is 5.97 Å². The Bertz CT molecular complexity index is 723. The highest BCUT2D eigenvalue weighted by molar-refractivity contribution is 7.98. The second kappa shape index (κ2) is 7.12. The van der Waals surface area contributed by atoms with Crippen LogP contribution in [-0.4, -0.2) is 69.4 Å². The zero-order valence-corrected chi connectivity index (χ0v) is 13.9. The van der Waals surface area contributed by atoms with Crippen LogP contribution in [0.1, 0.15) is 11.8 Å². The number of thioether (sulfide) groups is 1. The summed E-state index contributed by atoms with van der Waals surface area (Å²) < 4.78 is 23.9. The van der Waals surface area contributed by atoms with Crippen molar-refractivity contribution in [3.8, 4) is 0 Å². The van der Waals surface area contributed by atoms with E-state index in [1.807, 2.05) is 12.1 Å². The summed E-state index contributed by atoms with van der Waals surface area (Å²) >= 11 is 1.46. The number of ether oxygens (including phenoxy) is 3. The van der Waals surface area contributed by atoms with Gasteiger partial charge in [-0.25, -0.2) is 9.48 Å². The van der Waals surface area contributed by atoms with Gasteiger partial charge in [-0.3, -0.25) is 0 Å². The van der Waals surface area contributed by atoms with E-state index in [1.165, 1.54) is 11.8 Å². The van der Waals surface area contributed by atoms with E-state index in [0.717, 1.165) is 5.76 Å². The van der Waals surface area contributed by atoms with E-state index < -0.39 is 12.1 Å². The van der Waals surface area contributed by atoms with Gasteiger partial charge in [-0.15, -0.1) is 5.10 Å². The molecule has 0 saturated carbocycles. The third kappa shape index (κ3) is 3.40. The van der Waals surface area contributed by atoms with Crippen LogP contribution in [0.2, 0.25) is 0 Å². The third-order valence-corrected chi connectivity index (χ3v) is 5.06. The van der Waals surface area contributed by atoms with Gasteiger partial charge in [0.2, 0.25) is 5.16 Å². The minimum absolute atomic E-state index is 0.183. The second-order valence-electron chi connectivity index (χ2n) is 5.68. The van der Waals surface area contributed by atoms with Crippen LogP contribution in [0.5, 0.6) is 0 Å². The van der Waals surface area contributed by atoms with Crippen LogP contribution in [0.3, 0.4) is 0 Å². The molecule has 0 aliphatic carbocycles. The molecule has 2 fully saturated rings. The Hall–Kier alpha value is -1.95. The summed E-state index contributed by atoms with van der Waals surface area (Å²) in [5, 5.41) is 21.3. The van der Waals surface area contributed by atoms with E-state index in [0.29, 0.717) is 17.5 Å². The van der Waals surface area contributed by atoms with Crippen molar-refractivity contribution >= 4 is 17.7 Å². The van der Waals surface area contributed by atoms with Crippen LogP contribution in [0.4, 0.5) is 0 Å². The Morgan fingerprint density at radius 1 is 1.40 bits per heavy atom. The summed E-state index contributed by atoms with van der Waals surface area (Å²) in [5.74, 6) is 0.426. The Kier molecular flexibility index (Phi) is 4.70. The molecule has 2 aliphatic heterocycles. The minimum atomic E-state index is -1.02. The molecule has 0 bridgehead atoms. The molecule has 4 unspecified atom stereocenters. The van der Waals surface area contributed by atoms with Crippen LogP contribution in [-0.2, 0) is 24.8 Å². The number of furan rings is 1. The van der Waals surface area contributed by atoms with Gasteiger partial charge in [0, 0.05) is 0 Å². The molecule has 10 nitrogen and oxygen atoms in total. The number of fused-ring (bicyclic) bond motifs is 1. The summed E-state index contributed by atoms with van der Waals surface area (Å²) in [6.07, 6.45) is 0.626. The van der Waals surface area contributed by atoms with Crippen LogP contribution in [0, 0.1) is 0 Å². The lowest BCUT2D eigenvalue weighted by Gasteiger charge is -2.17. The van der Waals surface area contributed by atoms with E-state index in [2.05, 4.69) is 15.5 Å². The molecule has 2 aromatic heterocycles. The monoisotopic (exact) mass is 368 g/mol. The molecule has 2 aromatic rings. The first kappa shape index (κ1) is 16.5. The standard InChI is InChI=1S/C14H16N4O6S/c19-11(20)6-22-10-5-24-12-9(4-23-13(10)12)18-14(15-16-17-18)25-7-8-2-1-3-21-8/h1-3,9-10,12-13H,4-7H2,(H,19,20). The molecule has 0 aromatic carbocycles. The Morgan fingerprint density at radius 3 is 3.08 bits per heavy atom. The number of carboxylic acid groups (broad SMARTS) is 1. The van der Waals surface area contributed by atoms with Crippen molar-refractivity contribution in [3.05, 3.63) is 24.2 Å². The fourth-order valence-electron chi connectivity index (χ4n) is 2.99. The molecule has 4 atom stereocenters. The summed E-state index contributed by atoms with van der Waals surface area (Å²) in [5.41, 5.74) is 0. The average molecular weight is 368 g/mol. The normalized spacial score (nSPS) is 28.3. The molecule has 134 valence electrons. The maximum Gasteiger partial charge on any atom is 0.329 e. The molecule has 0 spiro atoms. The number of aliphatic carboxylic acids is 1. The molecule has 25 heavy (non-hydrogen) atoms. The molecular weight excluding hydrogens is 352 g/mol. The predicted octanol–water partition coefficient (Wildman–Crippen LogP) is 0.367. The van der Waals surface area contributed by atoms with Crippen molar-refractivity contribution in [2.75, 3.05) is 19.8 Å². The van der Waals surface area contributed by atoms with Crippen molar-refractivity contribution in [1.82, 2.24) is 20.2 Å². The van der Waals surface area contributed by atoms with Crippen LogP contribution in [0.25, 0.3) is 0 Å². The predicted molar refractivity (Wildman–Crippen MR) is 82.0 cm³/mol. The molecule has 4 rings (SSSR count). The first-order chi connectivity index (χ1) is 12.2. The zero-order valence-electron chi connectivity index (χ0n) is 13.1. The van der Waals surface area contributed by atoms with Gasteiger partial charge in [0.15, 0.2) is 0 Å². The third-order valence-electron chi connectivity index (χ3n) is 4.10. The minimum Gasteiger partial charge on any atom is -0.480 e. The zero-order chi connectivity index (χ0) is 17.2. The first-order valence-electron chi connectivity index (χ1n) is 7.72. The van der Waals surface area contributed by atoms with Crippen molar-refractivity contribution in [1.29, 1.82) is 0 Å². The number of nitrogens with zero attached hydrogens (tertiary/aromatic N) is 4. The van der Waals surface area contributed by atoms with Crippen molar-refractivity contribution in [2.45, 2.75) is 35.3 Å². The molecule has 1 N–H and O–H groups in total. The number of carbonyl (C=O) groups is 1. The van der Waals surface area contributed by atoms with Crippen molar-refractivity contribution in [3.63, 3.8) is 0 Å². The lowest BCUT2D eigenvalue weighted by Crippen LogP contribution is -2.33. The summed E-state index contributed by atoms with van der Waals surface area (Å²) in [4.78, 5) is 10.7. The van der Waals surface area contributed by atoms with E-state index in [9.17, 15) is 4.79 Å². The van der Waals surface area contributed by atoms with E-state index in [1.54, 1.807) is 10.9 Å². The Balaban J connectivity index is 1.42. The number of rotatable bonds is 7. The lowest BCUT2D eigenvalue weighted by molar-refractivity contribution is -0.146. The van der Waals surface area contributed by atoms with Gasteiger partial charge in [-0.05, 0) is 22.6 Å². The number of hydrogen-bond acceptors (Lipinski definition) is 9. The lowest BCUT2D eigenvalue weighted by atomic mass is 10.1.